The van der Waals surface area contributed by atoms with Crippen molar-refractivity contribution in [3.05, 3.63) is 21.3 Å². The number of nitrogens with one attached hydrogen (secondary N) is 1. The lowest BCUT2D eigenvalue weighted by Crippen LogP contribution is -2.24. The maximum atomic E-state index is 5.78. The van der Waals surface area contributed by atoms with E-state index in [2.05, 4.69) is 11.4 Å². The van der Waals surface area contributed by atoms with Crippen molar-refractivity contribution in [1.82, 2.24) is 5.32 Å². The highest BCUT2D eigenvalue weighted by molar-refractivity contribution is 7.16. The van der Waals surface area contributed by atoms with E-state index in [-0.39, 0.29) is 0 Å². The maximum absolute atomic E-state index is 5.78. The molecule has 0 aliphatic carbocycles. The Morgan fingerprint density at radius 2 is 2.25 bits per heavy atom. The van der Waals surface area contributed by atoms with Crippen molar-refractivity contribution in [2.45, 2.75) is 6.42 Å². The first kappa shape index (κ1) is 9.99. The third-order valence-electron chi connectivity index (χ3n) is 1.50. The summed E-state index contributed by atoms with van der Waals surface area (Å²) in [5, 5.41) is 3.23. The molecule has 0 aliphatic rings. The first-order valence-electron chi connectivity index (χ1n) is 3.98. The third-order valence-corrected chi connectivity index (χ3v) is 2.79. The van der Waals surface area contributed by atoms with E-state index in [1.54, 1.807) is 11.3 Å². The molecule has 0 atom stereocenters. The van der Waals surface area contributed by atoms with Crippen molar-refractivity contribution >= 4 is 22.9 Å². The second kappa shape index (κ2) is 5.54. The fourth-order valence-corrected chi connectivity index (χ4v) is 2.01. The average molecular weight is 205 g/mol. The smallest absolute Gasteiger partial charge is 0.0931 e. The minimum Gasteiger partial charge on any atom is -0.329 e. The topological polar surface area (TPSA) is 38.0 Å². The van der Waals surface area contributed by atoms with E-state index in [4.69, 9.17) is 17.3 Å². The number of nitrogens with two attached hydrogens (primary N) is 1. The van der Waals surface area contributed by atoms with Crippen LogP contribution in [0.4, 0.5) is 0 Å². The highest BCUT2D eigenvalue weighted by Crippen LogP contribution is 2.21. The molecule has 4 heteroatoms. The average Bonchev–Trinajstić information content (AvgIpc) is 2.45. The van der Waals surface area contributed by atoms with E-state index in [1.165, 1.54) is 4.88 Å². The summed E-state index contributed by atoms with van der Waals surface area (Å²) in [5.41, 5.74) is 5.33. The molecule has 0 amide bonds. The standard InChI is InChI=1S/C8H13ClN2S/c9-8-2-1-7(12-8)3-5-11-6-4-10/h1-2,11H,3-6,10H2. The summed E-state index contributed by atoms with van der Waals surface area (Å²) < 4.78 is 0.865. The molecule has 1 aromatic rings. The first-order chi connectivity index (χ1) is 5.83. The van der Waals surface area contributed by atoms with Gasteiger partial charge in [0.05, 0.1) is 4.34 Å². The summed E-state index contributed by atoms with van der Waals surface area (Å²) in [4.78, 5) is 1.32. The van der Waals surface area contributed by atoms with E-state index in [9.17, 15) is 0 Å². The van der Waals surface area contributed by atoms with E-state index in [1.807, 2.05) is 6.07 Å². The monoisotopic (exact) mass is 204 g/mol. The maximum Gasteiger partial charge on any atom is 0.0931 e. The Balaban J connectivity index is 2.15. The fraction of sp³-hybridized carbons (Fsp3) is 0.500. The predicted octanol–water partition coefficient (Wildman–Crippen LogP) is 1.49. The molecule has 0 spiro atoms. The zero-order valence-corrected chi connectivity index (χ0v) is 8.42. The summed E-state index contributed by atoms with van der Waals surface area (Å²) in [6.45, 7) is 2.57. The van der Waals surface area contributed by atoms with Gasteiger partial charge in [0.25, 0.3) is 0 Å². The van der Waals surface area contributed by atoms with Crippen LogP contribution in [-0.4, -0.2) is 19.6 Å². The number of thiophene rings is 1. The van der Waals surface area contributed by atoms with E-state index >= 15 is 0 Å². The Hall–Kier alpha value is -0.0900. The molecule has 1 aromatic heterocycles. The molecule has 0 unspecified atom stereocenters. The van der Waals surface area contributed by atoms with Crippen LogP contribution in [0.2, 0.25) is 4.34 Å². The highest BCUT2D eigenvalue weighted by atomic mass is 35.5. The molecule has 0 fully saturated rings. The number of rotatable bonds is 5. The molecule has 12 heavy (non-hydrogen) atoms. The van der Waals surface area contributed by atoms with Gasteiger partial charge in [0, 0.05) is 24.5 Å². The van der Waals surface area contributed by atoms with Crippen molar-refractivity contribution in [2.75, 3.05) is 19.6 Å². The molecular weight excluding hydrogens is 192 g/mol. The zero-order chi connectivity index (χ0) is 8.81. The lowest BCUT2D eigenvalue weighted by molar-refractivity contribution is 0.692. The first-order valence-corrected chi connectivity index (χ1v) is 5.17. The van der Waals surface area contributed by atoms with Gasteiger partial charge >= 0.3 is 0 Å². The van der Waals surface area contributed by atoms with Crippen LogP contribution in [0.3, 0.4) is 0 Å². The molecule has 68 valence electrons. The van der Waals surface area contributed by atoms with Crippen LogP contribution >= 0.6 is 22.9 Å². The molecule has 3 N–H and O–H groups in total. The van der Waals surface area contributed by atoms with Gasteiger partial charge in [0.2, 0.25) is 0 Å². The Bertz CT molecular complexity index is 225. The zero-order valence-electron chi connectivity index (χ0n) is 6.85. The Morgan fingerprint density at radius 3 is 2.83 bits per heavy atom. The van der Waals surface area contributed by atoms with Gasteiger partial charge in [-0.15, -0.1) is 11.3 Å². The third kappa shape index (κ3) is 3.54. The van der Waals surface area contributed by atoms with Crippen LogP contribution in [0.1, 0.15) is 4.88 Å². The molecule has 0 bridgehead atoms. The second-order valence-corrected chi connectivity index (χ2v) is 4.29. The summed E-state index contributed by atoms with van der Waals surface area (Å²) in [7, 11) is 0. The molecule has 2 nitrogen and oxygen atoms in total. The molecule has 0 saturated carbocycles. The highest BCUT2D eigenvalue weighted by Gasteiger charge is 1.96. The van der Waals surface area contributed by atoms with Crippen LogP contribution in [-0.2, 0) is 6.42 Å². The Labute approximate surface area is 81.7 Å². The van der Waals surface area contributed by atoms with Crippen LogP contribution < -0.4 is 11.1 Å². The van der Waals surface area contributed by atoms with Crippen molar-refractivity contribution in [3.8, 4) is 0 Å². The second-order valence-electron chi connectivity index (χ2n) is 2.49. The molecule has 1 rings (SSSR count). The minimum atomic E-state index is 0.700. The number of halogens is 1. The minimum absolute atomic E-state index is 0.700. The number of hydrogen-bond donors (Lipinski definition) is 2. The van der Waals surface area contributed by atoms with Gasteiger partial charge in [0.1, 0.15) is 0 Å². The van der Waals surface area contributed by atoms with E-state index in [0.29, 0.717) is 6.54 Å². The van der Waals surface area contributed by atoms with Gasteiger partial charge < -0.3 is 11.1 Å². The van der Waals surface area contributed by atoms with Gasteiger partial charge in [-0.1, -0.05) is 11.6 Å². The van der Waals surface area contributed by atoms with Crippen molar-refractivity contribution < 1.29 is 0 Å². The van der Waals surface area contributed by atoms with Gasteiger partial charge in [-0.2, -0.15) is 0 Å². The Kier molecular flexibility index (Phi) is 4.61. The molecule has 0 aliphatic heterocycles. The van der Waals surface area contributed by atoms with Crippen molar-refractivity contribution in [2.24, 2.45) is 5.73 Å². The lowest BCUT2D eigenvalue weighted by Gasteiger charge is -1.99. The summed E-state index contributed by atoms with van der Waals surface area (Å²) in [6.07, 6.45) is 1.04. The van der Waals surface area contributed by atoms with Crippen LogP contribution in [0.25, 0.3) is 0 Å². The van der Waals surface area contributed by atoms with Gasteiger partial charge in [-0.25, -0.2) is 0 Å². The van der Waals surface area contributed by atoms with Crippen LogP contribution in [0.5, 0.6) is 0 Å². The van der Waals surface area contributed by atoms with Crippen molar-refractivity contribution in [1.29, 1.82) is 0 Å². The Morgan fingerprint density at radius 1 is 1.42 bits per heavy atom. The quantitative estimate of drug-likeness (QED) is 0.714. The predicted molar refractivity (Wildman–Crippen MR) is 55.0 cm³/mol. The van der Waals surface area contributed by atoms with Crippen LogP contribution in [0.15, 0.2) is 12.1 Å². The van der Waals surface area contributed by atoms with Crippen LogP contribution in [0, 0.1) is 0 Å². The summed E-state index contributed by atoms with van der Waals surface area (Å²) in [6, 6.07) is 4.00. The summed E-state index contributed by atoms with van der Waals surface area (Å²) >= 11 is 7.42. The molecule has 0 aromatic carbocycles. The number of hydrogen-bond acceptors (Lipinski definition) is 3. The lowest BCUT2D eigenvalue weighted by atomic mass is 10.3. The normalized spacial score (nSPS) is 10.5. The van der Waals surface area contributed by atoms with E-state index in [0.717, 1.165) is 23.8 Å². The van der Waals surface area contributed by atoms with Gasteiger partial charge in [-0.3, -0.25) is 0 Å². The SMILES string of the molecule is NCCNCCc1ccc(Cl)s1. The van der Waals surface area contributed by atoms with Gasteiger partial charge in [-0.05, 0) is 18.6 Å². The molecular formula is C8H13ClN2S. The van der Waals surface area contributed by atoms with Crippen molar-refractivity contribution in [3.63, 3.8) is 0 Å². The molecule has 1 heterocycles. The fourth-order valence-electron chi connectivity index (χ4n) is 0.925. The molecule has 0 radical (unpaired) electrons. The summed E-state index contributed by atoms with van der Waals surface area (Å²) in [5.74, 6) is 0. The van der Waals surface area contributed by atoms with E-state index < -0.39 is 0 Å². The molecule has 0 saturated heterocycles. The van der Waals surface area contributed by atoms with Gasteiger partial charge in [0.15, 0.2) is 0 Å². The largest absolute Gasteiger partial charge is 0.329 e.